The van der Waals surface area contributed by atoms with Gasteiger partial charge in [0.05, 0.1) is 12.2 Å². The first-order valence-electron chi connectivity index (χ1n) is 5.96. The molecule has 0 unspecified atom stereocenters. The molecule has 0 saturated carbocycles. The Kier molecular flexibility index (Phi) is 5.16. The van der Waals surface area contributed by atoms with Crippen molar-refractivity contribution in [2.45, 2.75) is 6.54 Å². The van der Waals surface area contributed by atoms with E-state index in [0.717, 1.165) is 5.69 Å². The minimum Gasteiger partial charge on any atom is -0.347 e. The quantitative estimate of drug-likeness (QED) is 0.875. The molecule has 102 valence electrons. The monoisotopic (exact) mass is 306 g/mol. The Morgan fingerprint density at radius 1 is 1.15 bits per heavy atom. The Hall–Kier alpha value is -1.84. The van der Waals surface area contributed by atoms with Crippen LogP contribution in [0.2, 0.25) is 10.0 Å². The van der Waals surface area contributed by atoms with Crippen LogP contribution in [-0.4, -0.2) is 10.9 Å². The Morgan fingerprint density at radius 3 is 2.55 bits per heavy atom. The van der Waals surface area contributed by atoms with Gasteiger partial charge in [0, 0.05) is 27.9 Å². The molecule has 0 bridgehead atoms. The first-order chi connectivity index (χ1) is 9.66. The fraction of sp³-hybridized carbons (Fsp3) is 0.0667. The molecular weight excluding hydrogens is 295 g/mol. The third-order valence-electron chi connectivity index (χ3n) is 2.57. The van der Waals surface area contributed by atoms with E-state index in [1.807, 2.05) is 18.2 Å². The van der Waals surface area contributed by atoms with Crippen molar-refractivity contribution in [3.05, 3.63) is 70.0 Å². The lowest BCUT2D eigenvalue weighted by Crippen LogP contribution is -2.20. The number of carbonyl (C=O) groups excluding carboxylic acids is 1. The summed E-state index contributed by atoms with van der Waals surface area (Å²) in [5.74, 6) is -0.230. The number of amides is 1. The molecule has 2 rings (SSSR count). The van der Waals surface area contributed by atoms with Crippen LogP contribution >= 0.6 is 23.2 Å². The predicted octanol–water partition coefficient (Wildman–Crippen LogP) is 3.72. The van der Waals surface area contributed by atoms with Crippen molar-refractivity contribution in [2.24, 2.45) is 0 Å². The number of hydrogen-bond acceptors (Lipinski definition) is 2. The summed E-state index contributed by atoms with van der Waals surface area (Å²) in [6.07, 6.45) is 4.68. The number of pyridine rings is 1. The van der Waals surface area contributed by atoms with Crippen LogP contribution < -0.4 is 5.32 Å². The van der Waals surface area contributed by atoms with Gasteiger partial charge in [0.1, 0.15) is 0 Å². The molecule has 0 aliphatic carbocycles. The van der Waals surface area contributed by atoms with Crippen LogP contribution in [-0.2, 0) is 11.3 Å². The predicted molar refractivity (Wildman–Crippen MR) is 81.6 cm³/mol. The van der Waals surface area contributed by atoms with Crippen molar-refractivity contribution >= 4 is 35.2 Å². The molecule has 1 N–H and O–H groups in total. The zero-order chi connectivity index (χ0) is 14.4. The fourth-order valence-corrected chi connectivity index (χ4v) is 2.09. The van der Waals surface area contributed by atoms with E-state index in [9.17, 15) is 4.79 Å². The summed E-state index contributed by atoms with van der Waals surface area (Å²) < 4.78 is 0. The van der Waals surface area contributed by atoms with E-state index in [2.05, 4.69) is 10.3 Å². The fourth-order valence-electron chi connectivity index (χ4n) is 1.57. The first kappa shape index (κ1) is 14.6. The molecule has 1 heterocycles. The average Bonchev–Trinajstić information content (AvgIpc) is 2.46. The minimum absolute atomic E-state index is 0.230. The summed E-state index contributed by atoms with van der Waals surface area (Å²) in [6.45, 7) is 0.375. The van der Waals surface area contributed by atoms with Crippen LogP contribution in [0, 0.1) is 0 Å². The van der Waals surface area contributed by atoms with Gasteiger partial charge in [-0.25, -0.2) is 0 Å². The molecule has 1 amide bonds. The molecule has 0 spiro atoms. The van der Waals surface area contributed by atoms with E-state index >= 15 is 0 Å². The summed E-state index contributed by atoms with van der Waals surface area (Å²) in [5.41, 5.74) is 1.42. The van der Waals surface area contributed by atoms with Crippen molar-refractivity contribution in [3.63, 3.8) is 0 Å². The second-order valence-corrected chi connectivity index (χ2v) is 4.82. The Morgan fingerprint density at radius 2 is 1.90 bits per heavy atom. The van der Waals surface area contributed by atoms with Gasteiger partial charge in [0.15, 0.2) is 0 Å². The summed E-state index contributed by atoms with van der Waals surface area (Å²) in [4.78, 5) is 15.8. The maximum Gasteiger partial charge on any atom is 0.244 e. The molecule has 0 aliphatic heterocycles. The molecule has 0 fully saturated rings. The lowest BCUT2D eigenvalue weighted by molar-refractivity contribution is -0.116. The molecule has 1 aromatic carbocycles. The standard InChI is InChI=1S/C15H12Cl2N2O/c16-13-5-3-6-14(17)12(13)7-8-15(20)19-10-11-4-1-2-9-18-11/h1-9H,10H2,(H,19,20)/b8-7+. The van der Waals surface area contributed by atoms with Crippen LogP contribution in [0.25, 0.3) is 6.08 Å². The van der Waals surface area contributed by atoms with Gasteiger partial charge in [0.25, 0.3) is 0 Å². The van der Waals surface area contributed by atoms with Gasteiger partial charge in [-0.3, -0.25) is 9.78 Å². The molecule has 0 saturated heterocycles. The van der Waals surface area contributed by atoms with E-state index in [1.54, 1.807) is 30.5 Å². The zero-order valence-electron chi connectivity index (χ0n) is 10.5. The average molecular weight is 307 g/mol. The number of benzene rings is 1. The number of nitrogens with one attached hydrogen (secondary N) is 1. The third kappa shape index (κ3) is 4.08. The third-order valence-corrected chi connectivity index (χ3v) is 3.23. The SMILES string of the molecule is O=C(/C=C/c1c(Cl)cccc1Cl)NCc1ccccn1. The molecule has 0 radical (unpaired) electrons. The lowest BCUT2D eigenvalue weighted by atomic mass is 10.2. The first-order valence-corrected chi connectivity index (χ1v) is 6.72. The van der Waals surface area contributed by atoms with Crippen LogP contribution in [0.3, 0.4) is 0 Å². The number of rotatable bonds is 4. The zero-order valence-corrected chi connectivity index (χ0v) is 12.0. The smallest absolute Gasteiger partial charge is 0.244 e. The molecule has 0 atom stereocenters. The van der Waals surface area contributed by atoms with Crippen molar-refractivity contribution in [1.29, 1.82) is 0 Å². The van der Waals surface area contributed by atoms with Crippen LogP contribution in [0.4, 0.5) is 0 Å². The van der Waals surface area contributed by atoms with E-state index in [1.165, 1.54) is 6.08 Å². The van der Waals surface area contributed by atoms with Crippen molar-refractivity contribution in [2.75, 3.05) is 0 Å². The highest BCUT2D eigenvalue weighted by molar-refractivity contribution is 6.37. The molecule has 1 aromatic heterocycles. The molecule has 3 nitrogen and oxygen atoms in total. The van der Waals surface area contributed by atoms with Crippen LogP contribution in [0.15, 0.2) is 48.7 Å². The number of halogens is 2. The highest BCUT2D eigenvalue weighted by Gasteiger charge is 2.02. The number of carbonyl (C=O) groups is 1. The van der Waals surface area contributed by atoms with Crippen LogP contribution in [0.1, 0.15) is 11.3 Å². The second-order valence-electron chi connectivity index (χ2n) is 4.01. The van der Waals surface area contributed by atoms with Crippen molar-refractivity contribution < 1.29 is 4.79 Å². The number of nitrogens with zero attached hydrogens (tertiary/aromatic N) is 1. The molecule has 5 heteroatoms. The lowest BCUT2D eigenvalue weighted by Gasteiger charge is -2.02. The van der Waals surface area contributed by atoms with Gasteiger partial charge in [-0.05, 0) is 30.3 Å². The number of hydrogen-bond donors (Lipinski definition) is 1. The van der Waals surface area contributed by atoms with Gasteiger partial charge in [0.2, 0.25) is 5.91 Å². The molecular formula is C15H12Cl2N2O. The van der Waals surface area contributed by atoms with E-state index in [0.29, 0.717) is 22.2 Å². The largest absolute Gasteiger partial charge is 0.347 e. The van der Waals surface area contributed by atoms with Gasteiger partial charge >= 0.3 is 0 Å². The van der Waals surface area contributed by atoms with E-state index in [-0.39, 0.29) is 5.91 Å². The molecule has 2 aromatic rings. The van der Waals surface area contributed by atoms with Crippen molar-refractivity contribution in [1.82, 2.24) is 10.3 Å². The highest BCUT2D eigenvalue weighted by atomic mass is 35.5. The summed E-state index contributed by atoms with van der Waals surface area (Å²) >= 11 is 12.0. The van der Waals surface area contributed by atoms with E-state index in [4.69, 9.17) is 23.2 Å². The van der Waals surface area contributed by atoms with Crippen LogP contribution in [0.5, 0.6) is 0 Å². The normalized spacial score (nSPS) is 10.7. The Bertz CT molecular complexity index is 607. The molecule has 0 aliphatic rings. The maximum atomic E-state index is 11.7. The van der Waals surface area contributed by atoms with Crippen molar-refractivity contribution in [3.8, 4) is 0 Å². The number of aromatic nitrogens is 1. The highest BCUT2D eigenvalue weighted by Crippen LogP contribution is 2.25. The van der Waals surface area contributed by atoms with Gasteiger partial charge in [-0.15, -0.1) is 0 Å². The summed E-state index contributed by atoms with van der Waals surface area (Å²) in [7, 11) is 0. The second kappa shape index (κ2) is 7.08. The summed E-state index contributed by atoms with van der Waals surface area (Å²) in [6, 6.07) is 10.7. The van der Waals surface area contributed by atoms with Gasteiger partial charge in [-0.2, -0.15) is 0 Å². The topological polar surface area (TPSA) is 42.0 Å². The van der Waals surface area contributed by atoms with Gasteiger partial charge < -0.3 is 5.32 Å². The van der Waals surface area contributed by atoms with E-state index < -0.39 is 0 Å². The maximum absolute atomic E-state index is 11.7. The Balaban J connectivity index is 1.96. The Labute approximate surface area is 127 Å². The minimum atomic E-state index is -0.230. The van der Waals surface area contributed by atoms with Gasteiger partial charge in [-0.1, -0.05) is 35.3 Å². The summed E-state index contributed by atoms with van der Waals surface area (Å²) in [5, 5.41) is 3.75. The molecule has 20 heavy (non-hydrogen) atoms.